The van der Waals surface area contributed by atoms with Crippen LogP contribution in [-0.2, 0) is 4.74 Å². The minimum absolute atomic E-state index is 0.410. The predicted molar refractivity (Wildman–Crippen MR) is 59.9 cm³/mol. The molecule has 0 aromatic carbocycles. The van der Waals surface area contributed by atoms with Crippen LogP contribution < -0.4 is 0 Å². The van der Waals surface area contributed by atoms with Gasteiger partial charge in [0.15, 0.2) is 0 Å². The average molecular weight is 213 g/mol. The average Bonchev–Trinajstić information content (AvgIpc) is 2.17. The van der Waals surface area contributed by atoms with Crippen molar-refractivity contribution < 1.29 is 9.84 Å². The van der Waals surface area contributed by atoms with Crippen LogP contribution in [0.3, 0.4) is 0 Å². The van der Waals surface area contributed by atoms with E-state index in [1.807, 2.05) is 6.92 Å². The van der Waals surface area contributed by atoms with Gasteiger partial charge in [-0.15, -0.1) is 0 Å². The minimum atomic E-state index is -0.479. The summed E-state index contributed by atoms with van der Waals surface area (Å²) in [5, 5.41) is 9.99. The monoisotopic (exact) mass is 213 g/mol. The van der Waals surface area contributed by atoms with Gasteiger partial charge in [-0.05, 0) is 45.6 Å². The molecule has 3 heteroatoms. The highest BCUT2D eigenvalue weighted by atomic mass is 16.5. The van der Waals surface area contributed by atoms with Crippen LogP contribution in [0.4, 0.5) is 0 Å². The van der Waals surface area contributed by atoms with Crippen LogP contribution in [0.25, 0.3) is 0 Å². The molecule has 2 aliphatic heterocycles. The Morgan fingerprint density at radius 2 is 2.27 bits per heavy atom. The van der Waals surface area contributed by atoms with E-state index in [2.05, 4.69) is 4.90 Å². The maximum absolute atomic E-state index is 9.99. The van der Waals surface area contributed by atoms with Gasteiger partial charge in [0, 0.05) is 19.7 Å². The Bertz CT molecular complexity index is 200. The number of hydrogen-bond donors (Lipinski definition) is 1. The van der Waals surface area contributed by atoms with Gasteiger partial charge in [0.05, 0.1) is 11.7 Å². The van der Waals surface area contributed by atoms with Crippen LogP contribution in [0, 0.1) is 0 Å². The fraction of sp³-hybridized carbons (Fsp3) is 1.00. The molecule has 15 heavy (non-hydrogen) atoms. The molecule has 2 saturated heterocycles. The van der Waals surface area contributed by atoms with Crippen molar-refractivity contribution in [1.82, 2.24) is 4.90 Å². The lowest BCUT2D eigenvalue weighted by molar-refractivity contribution is -0.0504. The molecule has 2 aliphatic rings. The molecule has 0 radical (unpaired) electrons. The summed E-state index contributed by atoms with van der Waals surface area (Å²) in [4.78, 5) is 2.36. The number of hydrogen-bond acceptors (Lipinski definition) is 3. The van der Waals surface area contributed by atoms with Gasteiger partial charge in [-0.25, -0.2) is 0 Å². The first-order valence-corrected chi connectivity index (χ1v) is 6.22. The van der Waals surface area contributed by atoms with Crippen LogP contribution in [0.15, 0.2) is 0 Å². The summed E-state index contributed by atoms with van der Waals surface area (Å²) in [6.45, 7) is 5.81. The second-order valence-corrected chi connectivity index (χ2v) is 5.32. The smallest absolute Gasteiger partial charge is 0.0746 e. The Kier molecular flexibility index (Phi) is 3.65. The molecule has 2 rings (SSSR count). The molecule has 0 aromatic heterocycles. The topological polar surface area (TPSA) is 32.7 Å². The van der Waals surface area contributed by atoms with Crippen molar-refractivity contribution in [2.75, 3.05) is 26.2 Å². The zero-order chi connectivity index (χ0) is 10.7. The Morgan fingerprint density at radius 1 is 1.40 bits per heavy atom. The number of ether oxygens (including phenoxy) is 1. The van der Waals surface area contributed by atoms with Crippen molar-refractivity contribution in [1.29, 1.82) is 0 Å². The van der Waals surface area contributed by atoms with E-state index in [0.29, 0.717) is 6.10 Å². The van der Waals surface area contributed by atoms with Crippen molar-refractivity contribution in [2.45, 2.75) is 50.7 Å². The van der Waals surface area contributed by atoms with Gasteiger partial charge in [0.25, 0.3) is 0 Å². The molecule has 2 fully saturated rings. The normalized spacial score (nSPS) is 39.2. The van der Waals surface area contributed by atoms with Gasteiger partial charge < -0.3 is 9.84 Å². The van der Waals surface area contributed by atoms with Crippen LogP contribution in [0.5, 0.6) is 0 Å². The SMILES string of the molecule is CC1(O)CCCN(CC2CCCCO2)C1. The third-order valence-corrected chi connectivity index (χ3v) is 3.49. The molecule has 2 unspecified atom stereocenters. The lowest BCUT2D eigenvalue weighted by atomic mass is 9.94. The lowest BCUT2D eigenvalue weighted by Crippen LogP contribution is -2.49. The predicted octanol–water partition coefficient (Wildman–Crippen LogP) is 1.40. The highest BCUT2D eigenvalue weighted by molar-refractivity contribution is 4.84. The minimum Gasteiger partial charge on any atom is -0.389 e. The van der Waals surface area contributed by atoms with E-state index in [1.165, 1.54) is 19.3 Å². The highest BCUT2D eigenvalue weighted by Gasteiger charge is 2.29. The lowest BCUT2D eigenvalue weighted by Gasteiger charge is -2.39. The van der Waals surface area contributed by atoms with Gasteiger partial charge in [-0.2, -0.15) is 0 Å². The first-order valence-electron chi connectivity index (χ1n) is 6.22. The standard InChI is InChI=1S/C12H23NO2/c1-12(14)6-4-7-13(10-12)9-11-5-2-3-8-15-11/h11,14H,2-10H2,1H3. The molecule has 2 heterocycles. The summed E-state index contributed by atoms with van der Waals surface area (Å²) in [6.07, 6.45) is 6.17. The van der Waals surface area contributed by atoms with Crippen LogP contribution in [-0.4, -0.2) is 48.0 Å². The Balaban J connectivity index is 1.78. The molecule has 3 nitrogen and oxygen atoms in total. The van der Waals surface area contributed by atoms with E-state index in [1.54, 1.807) is 0 Å². The number of likely N-dealkylation sites (tertiary alicyclic amines) is 1. The summed E-state index contributed by atoms with van der Waals surface area (Å²) in [7, 11) is 0. The van der Waals surface area contributed by atoms with Crippen molar-refractivity contribution in [3.8, 4) is 0 Å². The van der Waals surface area contributed by atoms with E-state index in [9.17, 15) is 5.11 Å². The molecule has 0 saturated carbocycles. The van der Waals surface area contributed by atoms with Crippen molar-refractivity contribution in [2.24, 2.45) is 0 Å². The van der Waals surface area contributed by atoms with Gasteiger partial charge in [0.1, 0.15) is 0 Å². The maximum atomic E-state index is 9.99. The highest BCUT2D eigenvalue weighted by Crippen LogP contribution is 2.22. The van der Waals surface area contributed by atoms with Gasteiger partial charge in [-0.3, -0.25) is 4.90 Å². The van der Waals surface area contributed by atoms with E-state index in [4.69, 9.17) is 4.74 Å². The third-order valence-electron chi connectivity index (χ3n) is 3.49. The fourth-order valence-corrected chi connectivity index (χ4v) is 2.72. The van der Waals surface area contributed by atoms with Gasteiger partial charge in [0.2, 0.25) is 0 Å². The van der Waals surface area contributed by atoms with Crippen LogP contribution in [0.2, 0.25) is 0 Å². The van der Waals surface area contributed by atoms with E-state index in [-0.39, 0.29) is 0 Å². The van der Waals surface area contributed by atoms with E-state index in [0.717, 1.165) is 39.1 Å². The van der Waals surface area contributed by atoms with Crippen LogP contribution in [0.1, 0.15) is 39.0 Å². The molecule has 88 valence electrons. The summed E-state index contributed by atoms with van der Waals surface area (Å²) in [5.41, 5.74) is -0.479. The molecule has 0 aromatic rings. The van der Waals surface area contributed by atoms with Gasteiger partial charge >= 0.3 is 0 Å². The van der Waals surface area contributed by atoms with E-state index < -0.39 is 5.60 Å². The first kappa shape index (κ1) is 11.4. The summed E-state index contributed by atoms with van der Waals surface area (Å²) in [6, 6.07) is 0. The quantitative estimate of drug-likeness (QED) is 0.752. The zero-order valence-corrected chi connectivity index (χ0v) is 9.74. The number of nitrogens with zero attached hydrogens (tertiary/aromatic N) is 1. The van der Waals surface area contributed by atoms with Crippen LogP contribution >= 0.6 is 0 Å². The zero-order valence-electron chi connectivity index (χ0n) is 9.74. The van der Waals surface area contributed by atoms with Crippen molar-refractivity contribution >= 4 is 0 Å². The molecule has 2 atom stereocenters. The Morgan fingerprint density at radius 3 is 2.93 bits per heavy atom. The van der Waals surface area contributed by atoms with Crippen molar-refractivity contribution in [3.63, 3.8) is 0 Å². The number of rotatable bonds is 2. The van der Waals surface area contributed by atoms with E-state index >= 15 is 0 Å². The third kappa shape index (κ3) is 3.44. The summed E-state index contributed by atoms with van der Waals surface area (Å²) >= 11 is 0. The number of piperidine rings is 1. The second kappa shape index (κ2) is 4.81. The first-order chi connectivity index (χ1) is 7.16. The maximum Gasteiger partial charge on any atom is 0.0746 e. The molecule has 0 spiro atoms. The number of aliphatic hydroxyl groups is 1. The summed E-state index contributed by atoms with van der Waals surface area (Å²) in [5.74, 6) is 0. The molecule has 0 bridgehead atoms. The number of β-amino-alcohol motifs (C(OH)–C–C–N with tert-alkyl or cyclic N) is 1. The molecular formula is C12H23NO2. The molecule has 0 aliphatic carbocycles. The second-order valence-electron chi connectivity index (χ2n) is 5.32. The molecule has 0 amide bonds. The fourth-order valence-electron chi connectivity index (χ4n) is 2.72. The van der Waals surface area contributed by atoms with Gasteiger partial charge in [-0.1, -0.05) is 0 Å². The van der Waals surface area contributed by atoms with Crippen molar-refractivity contribution in [3.05, 3.63) is 0 Å². The largest absolute Gasteiger partial charge is 0.389 e. The molecule has 1 N–H and O–H groups in total. The Labute approximate surface area is 92.4 Å². The molecular weight excluding hydrogens is 190 g/mol. The Hall–Kier alpha value is -0.120. The summed E-state index contributed by atoms with van der Waals surface area (Å²) < 4.78 is 5.73.